The molecule has 18 heteroatoms. The van der Waals surface area contributed by atoms with Crippen LogP contribution in [0.3, 0.4) is 0 Å². The molecule has 0 radical (unpaired) electrons. The van der Waals surface area contributed by atoms with Crippen LogP contribution in [0.1, 0.15) is 178 Å². The third-order valence-electron chi connectivity index (χ3n) is 20.1. The molecule has 15 nitrogen and oxygen atoms in total. The van der Waals surface area contributed by atoms with E-state index in [0.717, 1.165) is 84.9 Å². The van der Waals surface area contributed by atoms with Gasteiger partial charge in [0.1, 0.15) is 28.5 Å². The predicted molar refractivity (Wildman–Crippen MR) is 445 cm³/mol. The number of imidazole rings is 3. The van der Waals surface area contributed by atoms with Crippen molar-refractivity contribution in [1.82, 2.24) is 43.4 Å². The van der Waals surface area contributed by atoms with E-state index in [0.29, 0.717) is 109 Å². The number of carbonyl (C=O) groups is 3. The number of nitrogens with zero attached hydrogens (tertiary/aromatic N) is 9. The molecular weight excluding hydrogens is 1400 g/mol. The normalized spacial score (nSPS) is 12.3. The standard InChI is InChI=1S/C31H38N4O.C30H35ClN4O.C29H32Cl2N4O/c1-21(2)29(34(19-9-18-32)31(36)26-15-12-22(3)13-16-26)30-33-28-24(5)23(4)14-17-27(28)35(30)20-25-10-7-6-8-11-25;1-20(2)28(34(18-8-17-32)30(36)24-14-11-21(3)12-15-24)29-33-27-25(16-13-22(4)26(27)31)35(29)19-23-9-6-5-7-10-23;1-19(2)27(34(17-7-16-32)29(36)22-12-10-20(3)11-13-22)28-33-26-24(15-14-23(30)25(26)31)35(28)18-21-8-5-4-6-9-21/h6-8,10-17,21,29H,9,18-20,32H2,1-5H3;5-7,9-16,20,28H,8,17-19,32H2,1-4H3;4-6,8-15,19,27H,7,16-18,32H2,1-3H3/t29-;28-;27-/m111/s1. The molecule has 0 saturated heterocycles. The summed E-state index contributed by atoms with van der Waals surface area (Å²) in [5, 5.41) is 1.53. The molecule has 108 heavy (non-hydrogen) atoms. The maximum atomic E-state index is 13.9. The van der Waals surface area contributed by atoms with Crippen molar-refractivity contribution in [2.24, 2.45) is 35.0 Å². The van der Waals surface area contributed by atoms with Crippen LogP contribution in [0, 0.1) is 59.3 Å². The topological polar surface area (TPSA) is 192 Å². The molecule has 3 heterocycles. The van der Waals surface area contributed by atoms with Gasteiger partial charge in [0, 0.05) is 56.0 Å². The lowest BCUT2D eigenvalue weighted by molar-refractivity contribution is 0.0599. The Morgan fingerprint density at radius 2 is 0.648 bits per heavy atom. The van der Waals surface area contributed by atoms with Gasteiger partial charge in [-0.3, -0.25) is 14.4 Å². The van der Waals surface area contributed by atoms with E-state index in [4.69, 9.17) is 67.0 Å². The van der Waals surface area contributed by atoms with E-state index in [1.54, 1.807) is 6.07 Å². The fourth-order valence-electron chi connectivity index (χ4n) is 14.2. The first-order chi connectivity index (χ1) is 51.9. The van der Waals surface area contributed by atoms with Crippen LogP contribution in [0.5, 0.6) is 0 Å². The van der Waals surface area contributed by atoms with Gasteiger partial charge in [-0.15, -0.1) is 0 Å². The van der Waals surface area contributed by atoms with Gasteiger partial charge in [-0.05, 0) is 192 Å². The predicted octanol–water partition coefficient (Wildman–Crippen LogP) is 19.6. The van der Waals surface area contributed by atoms with E-state index >= 15 is 0 Å². The largest absolute Gasteiger partial charge is 0.330 e. The highest BCUT2D eigenvalue weighted by atomic mass is 35.5. The van der Waals surface area contributed by atoms with E-state index in [1.807, 2.05) is 170 Å². The fraction of sp³-hybridized carbons (Fsp3) is 0.333. The second-order valence-electron chi connectivity index (χ2n) is 29.4. The first-order valence-electron chi connectivity index (χ1n) is 37.7. The lowest BCUT2D eigenvalue weighted by Crippen LogP contribution is -2.40. The quantitative estimate of drug-likeness (QED) is 0.0449. The van der Waals surface area contributed by atoms with Crippen molar-refractivity contribution in [3.8, 4) is 0 Å². The Bertz CT molecular complexity index is 4480. The molecule has 0 saturated carbocycles. The van der Waals surface area contributed by atoms with Gasteiger partial charge < -0.3 is 45.6 Å². The van der Waals surface area contributed by atoms with E-state index in [2.05, 4.69) is 136 Å². The molecule has 0 fully saturated rings. The highest BCUT2D eigenvalue weighted by Gasteiger charge is 2.37. The van der Waals surface area contributed by atoms with Gasteiger partial charge in [0.2, 0.25) is 0 Å². The molecule has 3 aromatic heterocycles. The van der Waals surface area contributed by atoms with Crippen LogP contribution in [0.25, 0.3) is 33.1 Å². The number of aryl methyl sites for hydroxylation is 6. The zero-order chi connectivity index (χ0) is 77.5. The number of nitrogens with two attached hydrogens (primary N) is 3. The number of rotatable bonds is 27. The van der Waals surface area contributed by atoms with Gasteiger partial charge in [-0.2, -0.15) is 0 Å². The monoisotopic (exact) mass is 1510 g/mol. The summed E-state index contributed by atoms with van der Waals surface area (Å²) in [5.74, 6) is 2.88. The van der Waals surface area contributed by atoms with E-state index in [1.165, 1.54) is 16.7 Å². The molecule has 0 aliphatic heterocycles. The number of aromatic nitrogens is 6. The van der Waals surface area contributed by atoms with Crippen molar-refractivity contribution in [2.75, 3.05) is 39.3 Å². The Kier molecular flexibility index (Phi) is 28.2. The maximum absolute atomic E-state index is 13.9. The van der Waals surface area contributed by atoms with E-state index in [-0.39, 0.29) is 53.6 Å². The van der Waals surface area contributed by atoms with Crippen molar-refractivity contribution in [2.45, 2.75) is 140 Å². The van der Waals surface area contributed by atoms with Gasteiger partial charge >= 0.3 is 0 Å². The Morgan fingerprint density at radius 1 is 0.361 bits per heavy atom. The molecule has 0 aliphatic rings. The Morgan fingerprint density at radius 3 is 0.963 bits per heavy atom. The molecule has 9 aromatic carbocycles. The summed E-state index contributed by atoms with van der Waals surface area (Å²) >= 11 is 19.8. The second-order valence-corrected chi connectivity index (χ2v) is 30.5. The van der Waals surface area contributed by atoms with Crippen LogP contribution in [0.4, 0.5) is 0 Å². The first-order valence-corrected chi connectivity index (χ1v) is 38.9. The third kappa shape index (κ3) is 19.0. The first kappa shape index (κ1) is 81.1. The van der Waals surface area contributed by atoms with Crippen LogP contribution in [0.15, 0.2) is 200 Å². The van der Waals surface area contributed by atoms with Crippen LogP contribution >= 0.6 is 34.8 Å². The number of benzene rings is 9. The van der Waals surface area contributed by atoms with E-state index < -0.39 is 0 Å². The minimum atomic E-state index is -0.295. The molecule has 3 amide bonds. The Hall–Kier alpha value is -9.45. The van der Waals surface area contributed by atoms with Crippen molar-refractivity contribution < 1.29 is 14.4 Å². The molecule has 3 atom stereocenters. The highest BCUT2D eigenvalue weighted by Crippen LogP contribution is 2.40. The lowest BCUT2D eigenvalue weighted by Gasteiger charge is -2.34. The van der Waals surface area contributed by atoms with Crippen LogP contribution in [0.2, 0.25) is 15.1 Å². The van der Waals surface area contributed by atoms with Crippen molar-refractivity contribution in [1.29, 1.82) is 0 Å². The van der Waals surface area contributed by atoms with Crippen molar-refractivity contribution >= 4 is 85.6 Å². The van der Waals surface area contributed by atoms with Crippen LogP contribution < -0.4 is 17.2 Å². The van der Waals surface area contributed by atoms with Crippen LogP contribution in [-0.2, 0) is 19.6 Å². The zero-order valence-electron chi connectivity index (χ0n) is 64.6. The third-order valence-corrected chi connectivity index (χ3v) is 21.4. The molecule has 0 spiro atoms. The smallest absolute Gasteiger partial charge is 0.254 e. The molecule has 12 aromatic rings. The number of halogens is 3. The summed E-state index contributed by atoms with van der Waals surface area (Å²) in [4.78, 5) is 63.0. The number of hydrogen-bond donors (Lipinski definition) is 3. The Balaban J connectivity index is 0.000000173. The maximum Gasteiger partial charge on any atom is 0.254 e. The van der Waals surface area contributed by atoms with Gasteiger partial charge in [0.25, 0.3) is 17.7 Å². The van der Waals surface area contributed by atoms with Crippen molar-refractivity contribution in [3.05, 3.63) is 299 Å². The summed E-state index contributed by atoms with van der Waals surface area (Å²) in [6, 6.07) is 65.7. The zero-order valence-corrected chi connectivity index (χ0v) is 66.9. The molecule has 0 unspecified atom stereocenters. The minimum Gasteiger partial charge on any atom is -0.330 e. The summed E-state index contributed by atoms with van der Waals surface area (Å²) in [6.45, 7) is 30.3. The van der Waals surface area contributed by atoms with Crippen molar-refractivity contribution in [3.63, 3.8) is 0 Å². The minimum absolute atomic E-state index is 0.0113. The van der Waals surface area contributed by atoms with Crippen LogP contribution in [-0.4, -0.2) is 100 Å². The van der Waals surface area contributed by atoms with Gasteiger partial charge in [-0.25, -0.2) is 15.0 Å². The SMILES string of the molecule is Cc1ccc(C(=O)N(CCCN)[C@@H](c2nc3c(C)c(C)ccc3n2Cc2ccccc2)C(C)C)cc1.Cc1ccc(C(=O)N(CCCN)[C@@H](c2nc3c(Cl)c(C)ccc3n2Cc2ccccc2)C(C)C)cc1.Cc1ccc(C(=O)N(CCCN)[C@@H](c2nc3c(Cl)c(Cl)ccc3n2Cc2ccccc2)C(C)C)cc1. The average Bonchev–Trinajstić information content (AvgIpc) is 1.62. The number of fused-ring (bicyclic) bond motifs is 3. The fourth-order valence-corrected chi connectivity index (χ4v) is 14.8. The van der Waals surface area contributed by atoms with Gasteiger partial charge in [-0.1, -0.05) is 233 Å². The number of carbonyl (C=O) groups excluding carboxylic acids is 3. The molecule has 6 N–H and O–H groups in total. The molecule has 564 valence electrons. The summed E-state index contributed by atoms with van der Waals surface area (Å²) in [5.41, 5.74) is 35.3. The lowest BCUT2D eigenvalue weighted by atomic mass is 9.99. The average molecular weight is 1510 g/mol. The van der Waals surface area contributed by atoms with E-state index in [9.17, 15) is 14.4 Å². The molecular formula is C90H105Cl3N12O3. The molecule has 0 aliphatic carbocycles. The second kappa shape index (κ2) is 37.6. The highest BCUT2D eigenvalue weighted by molar-refractivity contribution is 6.45. The summed E-state index contributed by atoms with van der Waals surface area (Å²) in [6.07, 6.45) is 2.13. The van der Waals surface area contributed by atoms with Gasteiger partial charge in [0.15, 0.2) is 0 Å². The van der Waals surface area contributed by atoms with Gasteiger partial charge in [0.05, 0.1) is 55.3 Å². The summed E-state index contributed by atoms with van der Waals surface area (Å²) < 4.78 is 6.69. The number of hydrogen-bond acceptors (Lipinski definition) is 9. The summed E-state index contributed by atoms with van der Waals surface area (Å²) in [7, 11) is 0. The number of amides is 3. The molecule has 12 rings (SSSR count). The molecule has 0 bridgehead atoms. The Labute approximate surface area is 653 Å².